The minimum Gasteiger partial charge on any atom is -0.457 e. The smallest absolute Gasteiger partial charge is 0.160 e. The average Bonchev–Trinajstić information content (AvgIpc) is 3.59. The van der Waals surface area contributed by atoms with E-state index in [0.29, 0.717) is 5.82 Å². The van der Waals surface area contributed by atoms with E-state index in [1.165, 1.54) is 49.4 Å². The van der Waals surface area contributed by atoms with Crippen molar-refractivity contribution in [3.8, 4) is 67.7 Å². The van der Waals surface area contributed by atoms with Crippen LogP contribution in [0.25, 0.3) is 77.7 Å². The number of hydrogen-bond donors (Lipinski definition) is 0. The Labute approximate surface area is 336 Å². The van der Waals surface area contributed by atoms with E-state index in [1.54, 1.807) is 0 Å². The molecule has 0 atom stereocenters. The zero-order chi connectivity index (χ0) is 38.2. The van der Waals surface area contributed by atoms with Crippen molar-refractivity contribution in [1.29, 1.82) is 0 Å². The van der Waals surface area contributed by atoms with Crippen LogP contribution in [0.1, 0.15) is 22.3 Å². The molecule has 12 rings (SSSR count). The third kappa shape index (κ3) is 4.80. The fourth-order valence-electron chi connectivity index (χ4n) is 9.59. The van der Waals surface area contributed by atoms with Gasteiger partial charge in [0, 0.05) is 27.8 Å². The lowest BCUT2D eigenvalue weighted by Gasteiger charge is -2.39. The highest BCUT2D eigenvalue weighted by atomic mass is 16.5. The first kappa shape index (κ1) is 32.6. The zero-order valence-corrected chi connectivity index (χ0v) is 31.4. The van der Waals surface area contributed by atoms with Crippen molar-refractivity contribution in [1.82, 2.24) is 9.97 Å². The van der Waals surface area contributed by atoms with Gasteiger partial charge in [-0.2, -0.15) is 0 Å². The molecule has 0 radical (unpaired) electrons. The Kier molecular flexibility index (Phi) is 7.14. The third-order valence-corrected chi connectivity index (χ3v) is 12.2. The van der Waals surface area contributed by atoms with E-state index in [1.807, 2.05) is 6.07 Å². The molecule has 0 amide bonds. The normalized spacial score (nSPS) is 13.1. The highest BCUT2D eigenvalue weighted by molar-refractivity contribution is 6.13. The Morgan fingerprint density at radius 1 is 0.328 bits per heavy atom. The Hall–Kier alpha value is -7.62. The summed E-state index contributed by atoms with van der Waals surface area (Å²) in [6, 6.07) is 73.6. The number of aromatic nitrogens is 2. The van der Waals surface area contributed by atoms with E-state index in [0.717, 1.165) is 56.3 Å². The molecule has 0 bridgehead atoms. The van der Waals surface area contributed by atoms with Crippen LogP contribution in [0, 0.1) is 0 Å². The number of hydrogen-bond acceptors (Lipinski definition) is 3. The highest BCUT2D eigenvalue weighted by Gasteiger charge is 2.51. The van der Waals surface area contributed by atoms with Gasteiger partial charge < -0.3 is 4.74 Å². The summed E-state index contributed by atoms with van der Waals surface area (Å²) in [6.07, 6.45) is 0. The number of nitrogens with zero attached hydrogens (tertiary/aromatic N) is 2. The van der Waals surface area contributed by atoms with Crippen molar-refractivity contribution < 1.29 is 4.74 Å². The average molecular weight is 739 g/mol. The Morgan fingerprint density at radius 3 is 1.64 bits per heavy atom. The van der Waals surface area contributed by atoms with Gasteiger partial charge in [0.1, 0.15) is 11.5 Å². The monoisotopic (exact) mass is 738 g/mol. The van der Waals surface area contributed by atoms with Crippen molar-refractivity contribution >= 4 is 21.5 Å². The molecule has 9 aromatic carbocycles. The summed E-state index contributed by atoms with van der Waals surface area (Å²) >= 11 is 0. The van der Waals surface area contributed by atoms with Crippen LogP contribution in [0.2, 0.25) is 0 Å². The molecule has 0 saturated carbocycles. The van der Waals surface area contributed by atoms with Crippen LogP contribution in [-0.4, -0.2) is 9.97 Å². The minimum atomic E-state index is -0.561. The van der Waals surface area contributed by atoms with Gasteiger partial charge in [-0.1, -0.05) is 176 Å². The van der Waals surface area contributed by atoms with E-state index in [9.17, 15) is 0 Å². The molecule has 0 fully saturated rings. The van der Waals surface area contributed by atoms with Gasteiger partial charge in [0.15, 0.2) is 5.82 Å². The van der Waals surface area contributed by atoms with Crippen molar-refractivity contribution in [2.45, 2.75) is 5.41 Å². The molecule has 58 heavy (non-hydrogen) atoms. The second kappa shape index (κ2) is 12.7. The van der Waals surface area contributed by atoms with Crippen molar-refractivity contribution in [2.75, 3.05) is 0 Å². The molecule has 0 saturated heterocycles. The van der Waals surface area contributed by atoms with Crippen LogP contribution in [-0.2, 0) is 5.41 Å². The lowest BCUT2D eigenvalue weighted by atomic mass is 9.66. The van der Waals surface area contributed by atoms with Crippen LogP contribution in [0.4, 0.5) is 0 Å². The second-order valence-electron chi connectivity index (χ2n) is 15.2. The summed E-state index contributed by atoms with van der Waals surface area (Å²) in [5, 5.41) is 5.00. The first-order chi connectivity index (χ1) is 28.7. The molecule has 1 aliphatic heterocycles. The zero-order valence-electron chi connectivity index (χ0n) is 31.4. The second-order valence-corrected chi connectivity index (χ2v) is 15.2. The molecule has 1 aliphatic carbocycles. The molecule has 1 spiro atoms. The van der Waals surface area contributed by atoms with Gasteiger partial charge >= 0.3 is 0 Å². The van der Waals surface area contributed by atoms with E-state index in [2.05, 4.69) is 200 Å². The fraction of sp³-hybridized carbons (Fsp3) is 0.0182. The maximum absolute atomic E-state index is 6.59. The summed E-state index contributed by atoms with van der Waals surface area (Å²) in [7, 11) is 0. The lowest BCUT2D eigenvalue weighted by molar-refractivity contribution is 0.436. The molecule has 2 heterocycles. The lowest BCUT2D eigenvalue weighted by Crippen LogP contribution is -2.32. The third-order valence-electron chi connectivity index (χ3n) is 12.2. The predicted octanol–water partition coefficient (Wildman–Crippen LogP) is 13.9. The molecule has 2 aliphatic rings. The van der Waals surface area contributed by atoms with Gasteiger partial charge in [0.2, 0.25) is 0 Å². The van der Waals surface area contributed by atoms with Gasteiger partial charge in [-0.3, -0.25) is 0 Å². The van der Waals surface area contributed by atoms with Crippen LogP contribution < -0.4 is 4.74 Å². The number of rotatable bonds is 4. The molecule has 0 unspecified atom stereocenters. The number of fused-ring (bicyclic) bond motifs is 12. The van der Waals surface area contributed by atoms with Crippen LogP contribution >= 0.6 is 0 Å². The predicted molar refractivity (Wildman–Crippen MR) is 236 cm³/mol. The number of para-hydroxylation sites is 2. The van der Waals surface area contributed by atoms with Gasteiger partial charge in [-0.25, -0.2) is 9.97 Å². The van der Waals surface area contributed by atoms with Gasteiger partial charge in [0.05, 0.1) is 16.8 Å². The fourth-order valence-corrected chi connectivity index (χ4v) is 9.59. The topological polar surface area (TPSA) is 35.0 Å². The molecule has 3 nitrogen and oxygen atoms in total. The van der Waals surface area contributed by atoms with Gasteiger partial charge in [0.25, 0.3) is 0 Å². The summed E-state index contributed by atoms with van der Waals surface area (Å²) in [5.74, 6) is 2.45. The molecule has 3 heteroatoms. The maximum atomic E-state index is 6.59. The summed E-state index contributed by atoms with van der Waals surface area (Å²) in [5.41, 5.74) is 13.8. The molecular weight excluding hydrogens is 705 g/mol. The van der Waals surface area contributed by atoms with E-state index >= 15 is 0 Å². The van der Waals surface area contributed by atoms with Crippen LogP contribution in [0.5, 0.6) is 11.5 Å². The van der Waals surface area contributed by atoms with E-state index in [4.69, 9.17) is 14.7 Å². The Balaban J connectivity index is 1.04. The minimum absolute atomic E-state index is 0.561. The van der Waals surface area contributed by atoms with Crippen molar-refractivity contribution in [2.24, 2.45) is 0 Å². The first-order valence-electron chi connectivity index (χ1n) is 19.8. The quantitative estimate of drug-likeness (QED) is 0.169. The molecule has 1 aromatic heterocycles. The standard InChI is InChI=1S/C55H34N2O/c1-2-14-36(15-3-1)50-34-51(57-54(56-50)37-28-26-35(27-29-37)45-32-38-16-4-5-17-40(38)41-18-6-7-19-42(41)45)39-30-31-44-43-20-8-9-21-46(43)55(49(44)33-39)47-22-10-12-24-52(47)58-53-25-13-11-23-48(53)55/h1-34H. The molecule has 270 valence electrons. The van der Waals surface area contributed by atoms with E-state index < -0.39 is 5.41 Å². The summed E-state index contributed by atoms with van der Waals surface area (Å²) in [4.78, 5) is 10.6. The number of ether oxygens (including phenoxy) is 1. The summed E-state index contributed by atoms with van der Waals surface area (Å²) in [6.45, 7) is 0. The SMILES string of the molecule is c1ccc(-c2cc(-c3ccc4c(c3)C3(c5ccccc5Oc5ccccc53)c3ccccc3-4)nc(-c3ccc(-c4cc5ccccc5c5ccccc45)cc3)n2)cc1. The highest BCUT2D eigenvalue weighted by Crippen LogP contribution is 2.62. The van der Waals surface area contributed by atoms with Crippen LogP contribution in [0.3, 0.4) is 0 Å². The van der Waals surface area contributed by atoms with Crippen LogP contribution in [0.15, 0.2) is 206 Å². The molecule has 0 N–H and O–H groups in total. The Morgan fingerprint density at radius 2 is 0.879 bits per heavy atom. The Bertz CT molecular complexity index is 3210. The van der Waals surface area contributed by atoms with Gasteiger partial charge in [-0.05, 0) is 85.3 Å². The first-order valence-corrected chi connectivity index (χ1v) is 19.8. The molecular formula is C55H34N2O. The van der Waals surface area contributed by atoms with Crippen molar-refractivity contribution in [3.63, 3.8) is 0 Å². The largest absolute Gasteiger partial charge is 0.457 e. The van der Waals surface area contributed by atoms with Crippen molar-refractivity contribution in [3.05, 3.63) is 229 Å². The maximum Gasteiger partial charge on any atom is 0.160 e. The summed E-state index contributed by atoms with van der Waals surface area (Å²) < 4.78 is 6.59. The van der Waals surface area contributed by atoms with Gasteiger partial charge in [-0.15, -0.1) is 0 Å². The number of benzene rings is 9. The molecule has 10 aromatic rings. The van der Waals surface area contributed by atoms with E-state index in [-0.39, 0.29) is 0 Å².